The first-order valence-electron chi connectivity index (χ1n) is 4.04. The molecule has 0 aliphatic rings. The van der Waals surface area contributed by atoms with Crippen molar-refractivity contribution in [2.45, 2.75) is 13.0 Å². The van der Waals surface area contributed by atoms with Gasteiger partial charge in [-0.25, -0.2) is 4.98 Å². The highest BCUT2D eigenvalue weighted by Gasteiger charge is 1.86. The summed E-state index contributed by atoms with van der Waals surface area (Å²) in [4.78, 5) is 3.94. The Hall–Kier alpha value is -1.09. The third-order valence-corrected chi connectivity index (χ3v) is 1.40. The summed E-state index contributed by atoms with van der Waals surface area (Å²) >= 11 is 0. The van der Waals surface area contributed by atoms with Crippen molar-refractivity contribution in [2.75, 3.05) is 13.6 Å². The number of nitrogens with one attached hydrogen (secondary N) is 1. The summed E-state index contributed by atoms with van der Waals surface area (Å²) in [5.41, 5.74) is 0. The molecule has 3 nitrogen and oxygen atoms in total. The predicted molar refractivity (Wildman–Crippen MR) is 52.0 cm³/mol. The van der Waals surface area contributed by atoms with Crippen LogP contribution >= 0.6 is 0 Å². The molecule has 0 amide bonds. The topological polar surface area (TPSA) is 29.9 Å². The van der Waals surface area contributed by atoms with Gasteiger partial charge in [0.15, 0.2) is 0 Å². The van der Waals surface area contributed by atoms with Gasteiger partial charge >= 0.3 is 0 Å². The maximum absolute atomic E-state index is 3.94. The molecule has 1 rings (SSSR count). The van der Waals surface area contributed by atoms with Gasteiger partial charge < -0.3 is 9.88 Å². The van der Waals surface area contributed by atoms with Crippen LogP contribution in [0.2, 0.25) is 0 Å². The van der Waals surface area contributed by atoms with Crippen molar-refractivity contribution >= 4 is 0 Å². The maximum atomic E-state index is 3.94. The van der Waals surface area contributed by atoms with E-state index < -0.39 is 0 Å². The number of rotatable bonds is 4. The predicted octanol–water partition coefficient (Wildman–Crippen LogP) is 1.29. The molecule has 12 heavy (non-hydrogen) atoms. The van der Waals surface area contributed by atoms with E-state index in [1.54, 1.807) is 6.20 Å². The number of hydrogen-bond donors (Lipinski definition) is 1. The Kier molecular flexibility index (Phi) is 7.28. The van der Waals surface area contributed by atoms with Crippen molar-refractivity contribution in [3.8, 4) is 0 Å². The highest BCUT2D eigenvalue weighted by Crippen LogP contribution is 1.87. The molecule has 0 radical (unpaired) electrons. The number of hydrogen-bond acceptors (Lipinski definition) is 2. The van der Waals surface area contributed by atoms with Crippen molar-refractivity contribution in [1.29, 1.82) is 0 Å². The number of imidazole rings is 1. The summed E-state index contributed by atoms with van der Waals surface area (Å²) in [5, 5.41) is 3.10. The molecule has 0 bridgehead atoms. The summed E-state index contributed by atoms with van der Waals surface area (Å²) in [6.07, 6.45) is 6.79. The van der Waals surface area contributed by atoms with Gasteiger partial charge in [0.05, 0.1) is 6.33 Å². The van der Waals surface area contributed by atoms with Crippen molar-refractivity contribution in [2.24, 2.45) is 0 Å². The smallest absolute Gasteiger partial charge is 0.0945 e. The highest BCUT2D eigenvalue weighted by molar-refractivity contribution is 4.73. The molecule has 1 N–H and O–H groups in total. The van der Waals surface area contributed by atoms with E-state index in [0.717, 1.165) is 19.5 Å². The van der Waals surface area contributed by atoms with E-state index in [9.17, 15) is 0 Å². The van der Waals surface area contributed by atoms with E-state index in [4.69, 9.17) is 0 Å². The monoisotopic (exact) mass is 167 g/mol. The summed E-state index contributed by atoms with van der Waals surface area (Å²) in [6.45, 7) is 8.12. The lowest BCUT2D eigenvalue weighted by atomic mass is 10.4. The molecular formula is C9H17N3. The first-order chi connectivity index (χ1) is 5.93. The molecule has 0 aliphatic heterocycles. The molecular weight excluding hydrogens is 150 g/mol. The molecule has 0 spiro atoms. The van der Waals surface area contributed by atoms with Gasteiger partial charge in [-0.2, -0.15) is 0 Å². The minimum atomic E-state index is 1.06. The molecule has 0 fully saturated rings. The van der Waals surface area contributed by atoms with Crippen LogP contribution in [0.1, 0.15) is 6.42 Å². The molecule has 1 aromatic heterocycles. The van der Waals surface area contributed by atoms with Gasteiger partial charge in [-0.15, -0.1) is 13.2 Å². The number of nitrogens with zero attached hydrogens (tertiary/aromatic N) is 2. The molecule has 1 aromatic rings. The zero-order chi connectivity index (χ0) is 9.23. The van der Waals surface area contributed by atoms with Gasteiger partial charge in [-0.05, 0) is 20.0 Å². The average Bonchev–Trinajstić information content (AvgIpc) is 2.61. The Morgan fingerprint density at radius 3 is 2.75 bits per heavy atom. The van der Waals surface area contributed by atoms with Gasteiger partial charge in [0, 0.05) is 18.9 Å². The van der Waals surface area contributed by atoms with Crippen LogP contribution in [-0.2, 0) is 6.54 Å². The SMILES string of the molecule is C=C.CNCCCn1ccnc1. The van der Waals surface area contributed by atoms with E-state index in [1.165, 1.54) is 0 Å². The van der Waals surface area contributed by atoms with E-state index >= 15 is 0 Å². The second kappa shape index (κ2) is 8.01. The van der Waals surface area contributed by atoms with Crippen molar-refractivity contribution in [3.05, 3.63) is 31.9 Å². The fourth-order valence-corrected chi connectivity index (χ4v) is 0.857. The standard InChI is InChI=1S/C7H13N3.C2H4/c1-8-3-2-5-10-6-4-9-7-10;1-2/h4,6-8H,2-3,5H2,1H3;1-2H2. The Morgan fingerprint density at radius 2 is 2.25 bits per heavy atom. The van der Waals surface area contributed by atoms with E-state index in [-0.39, 0.29) is 0 Å². The molecule has 3 heteroatoms. The Bertz CT molecular complexity index is 170. The normalized spacial score (nSPS) is 8.75. The van der Waals surface area contributed by atoms with Crippen LogP contribution in [0, 0.1) is 0 Å². The van der Waals surface area contributed by atoms with E-state index in [2.05, 4.69) is 28.0 Å². The molecule has 0 aromatic carbocycles. The lowest BCUT2D eigenvalue weighted by Crippen LogP contribution is -2.10. The lowest BCUT2D eigenvalue weighted by Gasteiger charge is -1.99. The maximum Gasteiger partial charge on any atom is 0.0945 e. The average molecular weight is 167 g/mol. The third kappa shape index (κ3) is 4.68. The van der Waals surface area contributed by atoms with Crippen LogP contribution in [0.15, 0.2) is 31.9 Å². The summed E-state index contributed by atoms with van der Waals surface area (Å²) in [7, 11) is 1.97. The molecule has 0 unspecified atom stereocenters. The Morgan fingerprint density at radius 1 is 1.50 bits per heavy atom. The van der Waals surface area contributed by atoms with Gasteiger partial charge in [0.25, 0.3) is 0 Å². The number of aryl methyl sites for hydroxylation is 1. The zero-order valence-corrected chi connectivity index (χ0v) is 7.66. The highest BCUT2D eigenvalue weighted by atomic mass is 15.0. The molecule has 0 saturated heterocycles. The van der Waals surface area contributed by atoms with Crippen molar-refractivity contribution in [3.63, 3.8) is 0 Å². The van der Waals surface area contributed by atoms with Gasteiger partial charge in [-0.1, -0.05) is 0 Å². The fraction of sp³-hybridized carbons (Fsp3) is 0.444. The molecule has 1 heterocycles. The van der Waals surface area contributed by atoms with Crippen molar-refractivity contribution < 1.29 is 0 Å². The molecule has 0 atom stereocenters. The minimum absolute atomic E-state index is 1.06. The summed E-state index contributed by atoms with van der Waals surface area (Å²) in [6, 6.07) is 0. The van der Waals surface area contributed by atoms with Crippen LogP contribution in [0.4, 0.5) is 0 Å². The van der Waals surface area contributed by atoms with Crippen LogP contribution in [0.3, 0.4) is 0 Å². The molecule has 68 valence electrons. The van der Waals surface area contributed by atoms with E-state index in [1.807, 2.05) is 19.6 Å². The second-order valence-corrected chi connectivity index (χ2v) is 2.26. The largest absolute Gasteiger partial charge is 0.337 e. The Labute approximate surface area is 74.1 Å². The van der Waals surface area contributed by atoms with Crippen molar-refractivity contribution in [1.82, 2.24) is 14.9 Å². The van der Waals surface area contributed by atoms with Gasteiger partial charge in [0.1, 0.15) is 0 Å². The Balaban J connectivity index is 0.000000561. The lowest BCUT2D eigenvalue weighted by molar-refractivity contribution is 0.612. The first kappa shape index (κ1) is 10.9. The van der Waals surface area contributed by atoms with Gasteiger partial charge in [0.2, 0.25) is 0 Å². The summed E-state index contributed by atoms with van der Waals surface area (Å²) < 4.78 is 2.08. The van der Waals surface area contributed by atoms with Crippen LogP contribution in [0.5, 0.6) is 0 Å². The number of aromatic nitrogens is 2. The second-order valence-electron chi connectivity index (χ2n) is 2.26. The molecule has 0 aliphatic carbocycles. The van der Waals surface area contributed by atoms with Crippen LogP contribution < -0.4 is 5.32 Å². The van der Waals surface area contributed by atoms with Gasteiger partial charge in [-0.3, -0.25) is 0 Å². The van der Waals surface area contributed by atoms with Crippen LogP contribution in [0.25, 0.3) is 0 Å². The minimum Gasteiger partial charge on any atom is -0.337 e. The fourth-order valence-electron chi connectivity index (χ4n) is 0.857. The van der Waals surface area contributed by atoms with E-state index in [0.29, 0.717) is 0 Å². The zero-order valence-electron chi connectivity index (χ0n) is 7.66. The first-order valence-corrected chi connectivity index (χ1v) is 4.04. The quantitative estimate of drug-likeness (QED) is 0.541. The summed E-state index contributed by atoms with van der Waals surface area (Å²) in [5.74, 6) is 0. The molecule has 0 saturated carbocycles. The van der Waals surface area contributed by atoms with Crippen LogP contribution in [-0.4, -0.2) is 23.1 Å². The third-order valence-electron chi connectivity index (χ3n) is 1.40.